The largest absolute Gasteiger partial charge is 0.480 e. The van der Waals surface area contributed by atoms with Gasteiger partial charge >= 0.3 is 11.9 Å². The van der Waals surface area contributed by atoms with E-state index in [2.05, 4.69) is 0 Å². The highest BCUT2D eigenvalue weighted by molar-refractivity contribution is 6.02. The SMILES string of the molecule is O=Cc1ccc2c(c1C(C(=O)O)C(=O)O)C2. The Morgan fingerprint density at radius 2 is 1.88 bits per heavy atom. The van der Waals surface area contributed by atoms with E-state index in [9.17, 15) is 14.4 Å². The smallest absolute Gasteiger partial charge is 0.322 e. The maximum Gasteiger partial charge on any atom is 0.322 e. The van der Waals surface area contributed by atoms with Gasteiger partial charge in [0.15, 0.2) is 5.92 Å². The van der Waals surface area contributed by atoms with Gasteiger partial charge in [-0.2, -0.15) is 0 Å². The molecule has 0 radical (unpaired) electrons. The van der Waals surface area contributed by atoms with Crippen molar-refractivity contribution in [3.63, 3.8) is 0 Å². The van der Waals surface area contributed by atoms with Crippen LogP contribution in [0.4, 0.5) is 0 Å². The van der Waals surface area contributed by atoms with E-state index in [1.54, 1.807) is 6.07 Å². The van der Waals surface area contributed by atoms with Gasteiger partial charge in [-0.3, -0.25) is 14.4 Å². The average Bonchev–Trinajstić information content (AvgIpc) is 2.96. The number of carboxylic acid groups (broad SMARTS) is 2. The molecular formula is C11H8O5. The fourth-order valence-electron chi connectivity index (χ4n) is 1.82. The van der Waals surface area contributed by atoms with Gasteiger partial charge in [0.25, 0.3) is 0 Å². The normalized spacial score (nSPS) is 12.1. The van der Waals surface area contributed by atoms with Crippen molar-refractivity contribution in [2.45, 2.75) is 12.3 Å². The first-order chi connectivity index (χ1) is 7.56. The standard InChI is InChI=1S/C11H8O5/c12-4-6-2-1-5-3-7(5)8(6)9(10(13)14)11(15)16/h1-2,4,9H,3H2,(H,13,14)(H,15,16). The molecule has 5 nitrogen and oxygen atoms in total. The molecule has 0 heterocycles. The molecule has 0 spiro atoms. The van der Waals surface area contributed by atoms with Gasteiger partial charge in [0.05, 0.1) is 0 Å². The summed E-state index contributed by atoms with van der Waals surface area (Å²) in [5, 5.41) is 17.7. The van der Waals surface area contributed by atoms with Gasteiger partial charge in [-0.05, 0) is 23.1 Å². The number of aliphatic carboxylic acids is 2. The number of carbonyl (C=O) groups is 3. The van der Waals surface area contributed by atoms with Crippen LogP contribution in [0.1, 0.15) is 33.0 Å². The van der Waals surface area contributed by atoms with Crippen LogP contribution in [-0.2, 0) is 16.0 Å². The minimum absolute atomic E-state index is 0.132. The van der Waals surface area contributed by atoms with E-state index in [-0.39, 0.29) is 11.1 Å². The number of benzene rings is 1. The zero-order valence-corrected chi connectivity index (χ0v) is 8.14. The first-order valence-corrected chi connectivity index (χ1v) is 4.61. The van der Waals surface area contributed by atoms with Gasteiger partial charge in [0, 0.05) is 5.56 Å². The van der Waals surface area contributed by atoms with Gasteiger partial charge in [-0.15, -0.1) is 0 Å². The van der Waals surface area contributed by atoms with E-state index in [0.717, 1.165) is 5.56 Å². The zero-order chi connectivity index (χ0) is 11.9. The number of aldehydes is 1. The summed E-state index contributed by atoms with van der Waals surface area (Å²) in [5.41, 5.74) is 1.87. The molecule has 0 saturated heterocycles. The van der Waals surface area contributed by atoms with Crippen molar-refractivity contribution in [2.24, 2.45) is 0 Å². The summed E-state index contributed by atoms with van der Waals surface area (Å²) in [6.45, 7) is 0. The Balaban J connectivity index is 2.58. The molecule has 1 aliphatic carbocycles. The fraction of sp³-hybridized carbons (Fsp3) is 0.182. The van der Waals surface area contributed by atoms with Crippen LogP contribution in [0, 0.1) is 0 Å². The molecule has 0 saturated carbocycles. The molecule has 1 aromatic carbocycles. The number of fused-ring (bicyclic) bond motifs is 1. The van der Waals surface area contributed by atoms with Crippen molar-refractivity contribution in [3.8, 4) is 0 Å². The topological polar surface area (TPSA) is 91.7 Å². The Kier molecular flexibility index (Phi) is 2.23. The predicted octanol–water partition coefficient (Wildman–Crippen LogP) is 0.656. The molecule has 0 bridgehead atoms. The molecule has 0 unspecified atom stereocenters. The van der Waals surface area contributed by atoms with E-state index < -0.39 is 17.9 Å². The van der Waals surface area contributed by atoms with Crippen LogP contribution in [-0.4, -0.2) is 28.4 Å². The lowest BCUT2D eigenvalue weighted by molar-refractivity contribution is -0.150. The van der Waals surface area contributed by atoms with E-state index in [4.69, 9.17) is 10.2 Å². The minimum Gasteiger partial charge on any atom is -0.480 e. The molecule has 16 heavy (non-hydrogen) atoms. The van der Waals surface area contributed by atoms with Crippen molar-refractivity contribution >= 4 is 18.2 Å². The molecule has 0 aromatic heterocycles. The quantitative estimate of drug-likeness (QED) is 0.583. The molecule has 0 atom stereocenters. The Labute approximate surface area is 90.3 Å². The van der Waals surface area contributed by atoms with Gasteiger partial charge in [0.2, 0.25) is 0 Å². The maximum atomic E-state index is 10.9. The lowest BCUT2D eigenvalue weighted by Gasteiger charge is -2.09. The summed E-state index contributed by atoms with van der Waals surface area (Å²) >= 11 is 0. The summed E-state index contributed by atoms with van der Waals surface area (Å²) in [5.74, 6) is -4.55. The molecule has 2 rings (SSSR count). The molecule has 1 aromatic rings. The van der Waals surface area contributed by atoms with Gasteiger partial charge in [-0.1, -0.05) is 12.1 Å². The number of hydrogen-bond donors (Lipinski definition) is 2. The highest BCUT2D eigenvalue weighted by Gasteiger charge is 2.36. The average molecular weight is 220 g/mol. The second-order valence-corrected chi connectivity index (χ2v) is 3.61. The van der Waals surface area contributed by atoms with E-state index in [1.807, 2.05) is 0 Å². The lowest BCUT2D eigenvalue weighted by atomic mass is 9.94. The second-order valence-electron chi connectivity index (χ2n) is 3.61. The van der Waals surface area contributed by atoms with Gasteiger partial charge in [0.1, 0.15) is 6.29 Å². The number of hydrogen-bond acceptors (Lipinski definition) is 3. The molecule has 0 fully saturated rings. The third-order valence-electron chi connectivity index (χ3n) is 2.64. The van der Waals surface area contributed by atoms with Gasteiger partial charge in [-0.25, -0.2) is 0 Å². The summed E-state index contributed by atoms with van der Waals surface area (Å²) < 4.78 is 0. The van der Waals surface area contributed by atoms with E-state index >= 15 is 0 Å². The van der Waals surface area contributed by atoms with Crippen molar-refractivity contribution in [3.05, 3.63) is 34.4 Å². The monoisotopic (exact) mass is 220 g/mol. The van der Waals surface area contributed by atoms with Crippen LogP contribution in [0.25, 0.3) is 0 Å². The Morgan fingerprint density at radius 1 is 1.25 bits per heavy atom. The fourth-order valence-corrected chi connectivity index (χ4v) is 1.82. The third-order valence-corrected chi connectivity index (χ3v) is 2.64. The molecule has 82 valence electrons. The third kappa shape index (κ3) is 1.46. The van der Waals surface area contributed by atoms with Crippen LogP contribution in [0.15, 0.2) is 12.1 Å². The molecule has 2 N–H and O–H groups in total. The first-order valence-electron chi connectivity index (χ1n) is 4.61. The highest BCUT2D eigenvalue weighted by atomic mass is 16.4. The zero-order valence-electron chi connectivity index (χ0n) is 8.14. The second kappa shape index (κ2) is 3.44. The maximum absolute atomic E-state index is 10.9. The lowest BCUT2D eigenvalue weighted by Crippen LogP contribution is -2.22. The summed E-state index contributed by atoms with van der Waals surface area (Å²) in [4.78, 5) is 32.5. The number of carbonyl (C=O) groups excluding carboxylic acids is 1. The van der Waals surface area contributed by atoms with Crippen LogP contribution in [0.3, 0.4) is 0 Å². The minimum atomic E-state index is -1.65. The Bertz CT molecular complexity index is 489. The summed E-state index contributed by atoms with van der Waals surface area (Å²) in [6, 6.07) is 3.18. The Morgan fingerprint density at radius 3 is 2.38 bits per heavy atom. The van der Waals surface area contributed by atoms with Crippen LogP contribution < -0.4 is 0 Å². The Hall–Kier alpha value is -2.17. The molecule has 1 aliphatic rings. The number of carboxylic acids is 2. The molecule has 0 amide bonds. The van der Waals surface area contributed by atoms with Crippen molar-refractivity contribution in [1.82, 2.24) is 0 Å². The highest BCUT2D eigenvalue weighted by Crippen LogP contribution is 2.37. The van der Waals surface area contributed by atoms with Crippen LogP contribution in [0.2, 0.25) is 0 Å². The molecule has 5 heteroatoms. The van der Waals surface area contributed by atoms with Crippen molar-refractivity contribution < 1.29 is 24.6 Å². The van der Waals surface area contributed by atoms with Gasteiger partial charge < -0.3 is 10.2 Å². The van der Waals surface area contributed by atoms with Crippen molar-refractivity contribution in [2.75, 3.05) is 0 Å². The van der Waals surface area contributed by atoms with E-state index in [0.29, 0.717) is 18.3 Å². The number of rotatable bonds is 4. The predicted molar refractivity (Wildman–Crippen MR) is 52.6 cm³/mol. The summed E-state index contributed by atoms with van der Waals surface area (Å²) in [6.07, 6.45) is 1.06. The van der Waals surface area contributed by atoms with Crippen LogP contribution >= 0.6 is 0 Å². The molecule has 0 aliphatic heterocycles. The van der Waals surface area contributed by atoms with Crippen molar-refractivity contribution in [1.29, 1.82) is 0 Å². The van der Waals surface area contributed by atoms with Crippen LogP contribution in [0.5, 0.6) is 0 Å². The van der Waals surface area contributed by atoms with E-state index in [1.165, 1.54) is 6.07 Å². The first kappa shape index (κ1) is 10.4. The summed E-state index contributed by atoms with van der Waals surface area (Å²) in [7, 11) is 0. The molecular weight excluding hydrogens is 212 g/mol.